The predicted octanol–water partition coefficient (Wildman–Crippen LogP) is 4.74. The first-order valence-electron chi connectivity index (χ1n) is 5.56. The third-order valence-electron chi connectivity index (χ3n) is 2.39. The summed E-state index contributed by atoms with van der Waals surface area (Å²) in [5.41, 5.74) is 0. The Balaban J connectivity index is 1.66. The zero-order valence-corrected chi connectivity index (χ0v) is 12.1. The summed E-state index contributed by atoms with van der Waals surface area (Å²) in [7, 11) is 0. The topological polar surface area (TPSA) is 38.9 Å². The normalized spacial score (nSPS) is 10.8. The van der Waals surface area contributed by atoms with Gasteiger partial charge in [-0.3, -0.25) is 0 Å². The fraction of sp³-hybridized carbons (Fsp3) is 0.0769. The van der Waals surface area contributed by atoms with Crippen LogP contribution in [0.1, 0.15) is 5.89 Å². The molecule has 0 aliphatic heterocycles. The Morgan fingerprint density at radius 2 is 2.05 bits per heavy atom. The first kappa shape index (κ1) is 12.7. The van der Waals surface area contributed by atoms with Gasteiger partial charge in [0, 0.05) is 9.92 Å². The molecule has 96 valence electrons. The molecule has 0 saturated carbocycles. The molecule has 3 rings (SSSR count). The fourth-order valence-electron chi connectivity index (χ4n) is 1.50. The summed E-state index contributed by atoms with van der Waals surface area (Å²) in [6, 6.07) is 11.6. The van der Waals surface area contributed by atoms with E-state index in [0.29, 0.717) is 17.5 Å². The van der Waals surface area contributed by atoms with Crippen LogP contribution in [0.15, 0.2) is 51.2 Å². The van der Waals surface area contributed by atoms with E-state index in [-0.39, 0.29) is 0 Å². The maximum atomic E-state index is 5.84. The molecule has 0 radical (unpaired) electrons. The number of halogens is 1. The Morgan fingerprint density at radius 3 is 2.79 bits per heavy atom. The molecule has 2 heterocycles. The van der Waals surface area contributed by atoms with Crippen LogP contribution in [0.5, 0.6) is 0 Å². The van der Waals surface area contributed by atoms with Crippen LogP contribution in [0.4, 0.5) is 0 Å². The van der Waals surface area contributed by atoms with Gasteiger partial charge in [0.2, 0.25) is 11.7 Å². The van der Waals surface area contributed by atoms with Crippen molar-refractivity contribution in [3.63, 3.8) is 0 Å². The summed E-state index contributed by atoms with van der Waals surface area (Å²) in [6.45, 7) is 0. The number of thiophene rings is 1. The Hall–Kier alpha value is -1.30. The van der Waals surface area contributed by atoms with Crippen molar-refractivity contribution in [2.75, 3.05) is 0 Å². The quantitative estimate of drug-likeness (QED) is 0.652. The van der Waals surface area contributed by atoms with Crippen molar-refractivity contribution in [1.29, 1.82) is 0 Å². The third kappa shape index (κ3) is 3.18. The second-order valence-corrected chi connectivity index (χ2v) is 6.16. The van der Waals surface area contributed by atoms with Gasteiger partial charge in [-0.1, -0.05) is 22.8 Å². The molecular formula is C13H9ClN2OS2. The van der Waals surface area contributed by atoms with E-state index in [2.05, 4.69) is 10.1 Å². The SMILES string of the molecule is Clc1ccc(SCc2nc(-c3cccs3)no2)cc1. The molecule has 3 nitrogen and oxygen atoms in total. The number of benzene rings is 1. The molecule has 0 aliphatic rings. The molecule has 0 spiro atoms. The van der Waals surface area contributed by atoms with E-state index in [1.54, 1.807) is 23.1 Å². The average molecular weight is 309 g/mol. The Labute approximate surface area is 123 Å². The maximum Gasteiger partial charge on any atom is 0.237 e. The average Bonchev–Trinajstić information content (AvgIpc) is 3.09. The number of aromatic nitrogens is 2. The minimum Gasteiger partial charge on any atom is -0.338 e. The molecule has 6 heteroatoms. The van der Waals surface area contributed by atoms with E-state index >= 15 is 0 Å². The van der Waals surface area contributed by atoms with Crippen LogP contribution in [0.25, 0.3) is 10.7 Å². The van der Waals surface area contributed by atoms with Crippen molar-refractivity contribution in [3.8, 4) is 10.7 Å². The smallest absolute Gasteiger partial charge is 0.237 e. The summed E-state index contributed by atoms with van der Waals surface area (Å²) in [5.74, 6) is 1.94. The van der Waals surface area contributed by atoms with Crippen LogP contribution in [0, 0.1) is 0 Å². The van der Waals surface area contributed by atoms with Gasteiger partial charge in [0.1, 0.15) is 0 Å². The molecule has 0 amide bonds. The molecule has 0 bridgehead atoms. The van der Waals surface area contributed by atoms with Gasteiger partial charge in [0.15, 0.2) is 0 Å². The minimum atomic E-state index is 0.628. The van der Waals surface area contributed by atoms with Crippen molar-refractivity contribution in [2.45, 2.75) is 10.6 Å². The highest BCUT2D eigenvalue weighted by Crippen LogP contribution is 2.26. The number of hydrogen-bond donors (Lipinski definition) is 0. The predicted molar refractivity (Wildman–Crippen MR) is 78.6 cm³/mol. The van der Waals surface area contributed by atoms with Gasteiger partial charge in [-0.2, -0.15) is 4.98 Å². The lowest BCUT2D eigenvalue weighted by molar-refractivity contribution is 0.392. The number of thioether (sulfide) groups is 1. The molecule has 0 fully saturated rings. The van der Waals surface area contributed by atoms with Gasteiger partial charge in [-0.25, -0.2) is 0 Å². The Bertz CT molecular complexity index is 650. The van der Waals surface area contributed by atoms with Crippen molar-refractivity contribution in [2.24, 2.45) is 0 Å². The maximum absolute atomic E-state index is 5.84. The van der Waals surface area contributed by atoms with Crippen LogP contribution in [0.3, 0.4) is 0 Å². The van der Waals surface area contributed by atoms with Gasteiger partial charge in [-0.05, 0) is 35.7 Å². The lowest BCUT2D eigenvalue weighted by Gasteiger charge is -1.97. The number of rotatable bonds is 4. The van der Waals surface area contributed by atoms with E-state index in [9.17, 15) is 0 Å². The van der Waals surface area contributed by atoms with Crippen molar-refractivity contribution >= 4 is 34.7 Å². The lowest BCUT2D eigenvalue weighted by Crippen LogP contribution is -1.81. The third-order valence-corrected chi connectivity index (χ3v) is 4.50. The first-order valence-corrected chi connectivity index (χ1v) is 7.80. The second kappa shape index (κ2) is 5.77. The number of hydrogen-bond acceptors (Lipinski definition) is 5. The van der Waals surface area contributed by atoms with E-state index in [4.69, 9.17) is 16.1 Å². The molecular weight excluding hydrogens is 300 g/mol. The summed E-state index contributed by atoms with van der Waals surface area (Å²) < 4.78 is 5.23. The summed E-state index contributed by atoms with van der Waals surface area (Å²) in [5, 5.41) is 6.71. The highest BCUT2D eigenvalue weighted by molar-refractivity contribution is 7.98. The van der Waals surface area contributed by atoms with E-state index < -0.39 is 0 Å². The molecule has 1 aromatic carbocycles. The number of nitrogens with zero attached hydrogens (tertiary/aromatic N) is 2. The van der Waals surface area contributed by atoms with E-state index in [1.165, 1.54) is 0 Å². The van der Waals surface area contributed by atoms with Crippen molar-refractivity contribution in [3.05, 3.63) is 52.7 Å². The molecule has 0 unspecified atom stereocenters. The van der Waals surface area contributed by atoms with Gasteiger partial charge < -0.3 is 4.52 Å². The van der Waals surface area contributed by atoms with Crippen molar-refractivity contribution in [1.82, 2.24) is 10.1 Å². The molecule has 19 heavy (non-hydrogen) atoms. The summed E-state index contributed by atoms with van der Waals surface area (Å²) in [4.78, 5) is 6.52. The van der Waals surface area contributed by atoms with Gasteiger partial charge >= 0.3 is 0 Å². The molecule has 0 atom stereocenters. The Morgan fingerprint density at radius 1 is 1.21 bits per heavy atom. The first-order chi connectivity index (χ1) is 9.31. The van der Waals surface area contributed by atoms with Crippen LogP contribution in [0.2, 0.25) is 5.02 Å². The second-order valence-electron chi connectivity index (χ2n) is 3.73. The zero-order valence-electron chi connectivity index (χ0n) is 9.75. The summed E-state index contributed by atoms with van der Waals surface area (Å²) in [6.07, 6.45) is 0. The molecule has 2 aromatic heterocycles. The molecule has 0 saturated heterocycles. The van der Waals surface area contributed by atoms with Crippen LogP contribution >= 0.6 is 34.7 Å². The lowest BCUT2D eigenvalue weighted by atomic mass is 10.4. The standard InChI is InChI=1S/C13H9ClN2OS2/c14-9-3-5-10(6-4-9)19-8-12-15-13(16-17-12)11-2-1-7-18-11/h1-7H,8H2. The minimum absolute atomic E-state index is 0.628. The largest absolute Gasteiger partial charge is 0.338 e. The van der Waals surface area contributed by atoms with E-state index in [1.807, 2.05) is 41.8 Å². The van der Waals surface area contributed by atoms with Crippen LogP contribution in [-0.2, 0) is 5.75 Å². The fourth-order valence-corrected chi connectivity index (χ4v) is 3.01. The van der Waals surface area contributed by atoms with Gasteiger partial charge in [0.25, 0.3) is 0 Å². The molecule has 3 aromatic rings. The zero-order chi connectivity index (χ0) is 13.1. The molecule has 0 N–H and O–H groups in total. The van der Waals surface area contributed by atoms with Gasteiger partial charge in [0.05, 0.1) is 10.6 Å². The highest BCUT2D eigenvalue weighted by atomic mass is 35.5. The highest BCUT2D eigenvalue weighted by Gasteiger charge is 2.09. The molecule has 0 aliphatic carbocycles. The van der Waals surface area contributed by atoms with Gasteiger partial charge in [-0.15, -0.1) is 23.1 Å². The van der Waals surface area contributed by atoms with Crippen LogP contribution < -0.4 is 0 Å². The van der Waals surface area contributed by atoms with E-state index in [0.717, 1.165) is 14.8 Å². The summed E-state index contributed by atoms with van der Waals surface area (Å²) >= 11 is 9.08. The monoisotopic (exact) mass is 308 g/mol. The Kier molecular flexibility index (Phi) is 3.87. The van der Waals surface area contributed by atoms with Crippen LogP contribution in [-0.4, -0.2) is 10.1 Å². The van der Waals surface area contributed by atoms with Crippen molar-refractivity contribution < 1.29 is 4.52 Å².